The van der Waals surface area contributed by atoms with Gasteiger partial charge >= 0.3 is 0 Å². The summed E-state index contributed by atoms with van der Waals surface area (Å²) in [6.07, 6.45) is 2.54. The third-order valence-electron chi connectivity index (χ3n) is 3.16. The van der Waals surface area contributed by atoms with Gasteiger partial charge in [-0.2, -0.15) is 0 Å². The highest BCUT2D eigenvalue weighted by atomic mass is 35.5. The van der Waals surface area contributed by atoms with Crippen LogP contribution in [0.4, 0.5) is 0 Å². The van der Waals surface area contributed by atoms with Crippen LogP contribution in [0.1, 0.15) is 18.9 Å². The van der Waals surface area contributed by atoms with Gasteiger partial charge in [0.1, 0.15) is 0 Å². The van der Waals surface area contributed by atoms with Crippen LogP contribution in [0.15, 0.2) is 30.3 Å². The molecule has 0 radical (unpaired) electrons. The summed E-state index contributed by atoms with van der Waals surface area (Å²) in [4.78, 5) is 13.8. The van der Waals surface area contributed by atoms with E-state index in [2.05, 4.69) is 0 Å². The first-order valence-electron chi connectivity index (χ1n) is 6.05. The van der Waals surface area contributed by atoms with Crippen LogP contribution in [0.5, 0.6) is 0 Å². The molecule has 1 fully saturated rings. The van der Waals surface area contributed by atoms with E-state index in [-0.39, 0.29) is 11.9 Å². The average molecular weight is 265 g/mol. The van der Waals surface area contributed by atoms with E-state index < -0.39 is 0 Å². The summed E-state index contributed by atoms with van der Waals surface area (Å²) in [6.45, 7) is 3.32. The van der Waals surface area contributed by atoms with Crippen LogP contribution in [0, 0.1) is 0 Å². The Morgan fingerprint density at radius 3 is 2.94 bits per heavy atom. The quantitative estimate of drug-likeness (QED) is 0.834. The molecule has 96 valence electrons. The van der Waals surface area contributed by atoms with Crippen molar-refractivity contribution in [1.29, 1.82) is 0 Å². The van der Waals surface area contributed by atoms with Crippen molar-refractivity contribution >= 4 is 23.1 Å². The number of likely N-dealkylation sites (tertiary alicyclic amines) is 1. The fraction of sp³-hybridized carbons (Fsp3) is 0.357. The minimum absolute atomic E-state index is 0.0282. The monoisotopic (exact) mass is 264 g/mol. The molecule has 1 atom stereocenters. The second-order valence-corrected chi connectivity index (χ2v) is 5.11. The number of allylic oxidation sites excluding steroid dienone is 1. The van der Waals surface area contributed by atoms with E-state index in [1.165, 1.54) is 0 Å². The van der Waals surface area contributed by atoms with Gasteiger partial charge in [-0.05, 0) is 36.6 Å². The third kappa shape index (κ3) is 3.12. The maximum absolute atomic E-state index is 12.0. The second kappa shape index (κ2) is 5.55. The lowest BCUT2D eigenvalue weighted by atomic mass is 10.1. The Labute approximate surface area is 112 Å². The largest absolute Gasteiger partial charge is 0.338 e. The predicted octanol–water partition coefficient (Wildman–Crippen LogP) is 2.30. The second-order valence-electron chi connectivity index (χ2n) is 4.67. The van der Waals surface area contributed by atoms with E-state index in [1.807, 2.05) is 31.2 Å². The normalized spacial score (nSPS) is 20.3. The Balaban J connectivity index is 2.10. The number of carbonyl (C=O) groups excluding carboxylic acids is 1. The molecule has 4 heteroatoms. The Morgan fingerprint density at radius 1 is 1.56 bits per heavy atom. The third-order valence-corrected chi connectivity index (χ3v) is 3.39. The molecule has 2 rings (SSSR count). The van der Waals surface area contributed by atoms with Crippen molar-refractivity contribution in [2.24, 2.45) is 5.73 Å². The molecule has 1 amide bonds. The molecule has 3 nitrogen and oxygen atoms in total. The number of amides is 1. The summed E-state index contributed by atoms with van der Waals surface area (Å²) in [5, 5.41) is 0.677. The van der Waals surface area contributed by atoms with Crippen molar-refractivity contribution in [2.45, 2.75) is 19.4 Å². The van der Waals surface area contributed by atoms with E-state index in [0.717, 1.165) is 24.1 Å². The summed E-state index contributed by atoms with van der Waals surface area (Å²) in [6, 6.07) is 7.62. The number of nitrogens with zero attached hydrogens (tertiary/aromatic N) is 1. The van der Waals surface area contributed by atoms with Crippen LogP contribution in [0.2, 0.25) is 5.02 Å². The summed E-state index contributed by atoms with van der Waals surface area (Å²) in [5.74, 6) is 0.0282. The molecule has 1 aliphatic heterocycles. The standard InChI is InChI=1S/C14H17ClN2O/c1-10(11-3-2-4-12(15)8-11)7-14(18)17-6-5-13(16)9-17/h2-4,7-8,13H,5-6,9,16H2,1H3/t13-/m1/s1. The van der Waals surface area contributed by atoms with E-state index in [4.69, 9.17) is 17.3 Å². The maximum atomic E-state index is 12.0. The lowest BCUT2D eigenvalue weighted by molar-refractivity contribution is -0.125. The molecule has 0 saturated carbocycles. The van der Waals surface area contributed by atoms with Gasteiger partial charge in [-0.25, -0.2) is 0 Å². The number of rotatable bonds is 2. The average Bonchev–Trinajstić information content (AvgIpc) is 2.76. The summed E-state index contributed by atoms with van der Waals surface area (Å²) in [7, 11) is 0. The molecule has 0 bridgehead atoms. The van der Waals surface area contributed by atoms with Crippen LogP contribution in [0.25, 0.3) is 5.57 Å². The van der Waals surface area contributed by atoms with Crippen LogP contribution in [0.3, 0.4) is 0 Å². The molecule has 0 spiro atoms. The summed E-state index contributed by atoms with van der Waals surface area (Å²) in [5.41, 5.74) is 7.68. The molecule has 18 heavy (non-hydrogen) atoms. The van der Waals surface area contributed by atoms with Gasteiger partial charge in [0.05, 0.1) is 0 Å². The van der Waals surface area contributed by atoms with Crippen LogP contribution in [-0.2, 0) is 4.79 Å². The molecule has 2 N–H and O–H groups in total. The lowest BCUT2D eigenvalue weighted by Crippen LogP contribution is -2.30. The zero-order valence-corrected chi connectivity index (χ0v) is 11.2. The van der Waals surface area contributed by atoms with E-state index in [1.54, 1.807) is 11.0 Å². The molecule has 0 unspecified atom stereocenters. The minimum Gasteiger partial charge on any atom is -0.338 e. The fourth-order valence-electron chi connectivity index (χ4n) is 2.08. The maximum Gasteiger partial charge on any atom is 0.246 e. The number of hydrogen-bond donors (Lipinski definition) is 1. The van der Waals surface area contributed by atoms with Gasteiger partial charge in [-0.15, -0.1) is 0 Å². The molecule has 1 aromatic carbocycles. The van der Waals surface area contributed by atoms with Crippen LogP contribution >= 0.6 is 11.6 Å². The van der Waals surface area contributed by atoms with Gasteiger partial charge < -0.3 is 10.6 Å². The summed E-state index contributed by atoms with van der Waals surface area (Å²) < 4.78 is 0. The highest BCUT2D eigenvalue weighted by molar-refractivity contribution is 6.30. The van der Waals surface area contributed by atoms with Crippen molar-refractivity contribution < 1.29 is 4.79 Å². The van der Waals surface area contributed by atoms with Crippen molar-refractivity contribution in [3.63, 3.8) is 0 Å². The number of hydrogen-bond acceptors (Lipinski definition) is 2. The molecule has 0 aliphatic carbocycles. The lowest BCUT2D eigenvalue weighted by Gasteiger charge is -2.13. The first-order valence-corrected chi connectivity index (χ1v) is 6.43. The molecule has 0 aromatic heterocycles. The van der Waals surface area contributed by atoms with Crippen molar-refractivity contribution in [2.75, 3.05) is 13.1 Å². The van der Waals surface area contributed by atoms with E-state index in [0.29, 0.717) is 11.6 Å². The van der Waals surface area contributed by atoms with Gasteiger partial charge in [0.15, 0.2) is 0 Å². The Hall–Kier alpha value is -1.32. The zero-order valence-electron chi connectivity index (χ0n) is 10.4. The van der Waals surface area contributed by atoms with Crippen molar-refractivity contribution in [1.82, 2.24) is 4.90 Å². The fourth-order valence-corrected chi connectivity index (χ4v) is 2.27. The molecule has 1 aromatic rings. The number of nitrogens with two attached hydrogens (primary N) is 1. The highest BCUT2D eigenvalue weighted by Crippen LogP contribution is 2.19. The Morgan fingerprint density at radius 2 is 2.33 bits per heavy atom. The van der Waals surface area contributed by atoms with Gasteiger partial charge in [0.2, 0.25) is 5.91 Å². The van der Waals surface area contributed by atoms with E-state index in [9.17, 15) is 4.79 Å². The van der Waals surface area contributed by atoms with Crippen molar-refractivity contribution in [3.05, 3.63) is 40.9 Å². The molecule has 1 heterocycles. The SMILES string of the molecule is CC(=CC(=O)N1CC[C@@H](N)C1)c1cccc(Cl)c1. The smallest absolute Gasteiger partial charge is 0.246 e. The van der Waals surface area contributed by atoms with Gasteiger partial charge in [0, 0.05) is 30.2 Å². The van der Waals surface area contributed by atoms with Crippen LogP contribution < -0.4 is 5.73 Å². The molecular formula is C14H17ClN2O. The first-order chi connectivity index (χ1) is 8.56. The number of halogens is 1. The topological polar surface area (TPSA) is 46.3 Å². The summed E-state index contributed by atoms with van der Waals surface area (Å²) >= 11 is 5.93. The predicted molar refractivity (Wildman–Crippen MR) is 74.3 cm³/mol. The van der Waals surface area contributed by atoms with Gasteiger partial charge in [0.25, 0.3) is 0 Å². The Kier molecular flexibility index (Phi) is 4.04. The number of benzene rings is 1. The van der Waals surface area contributed by atoms with Gasteiger partial charge in [-0.3, -0.25) is 4.79 Å². The van der Waals surface area contributed by atoms with Gasteiger partial charge in [-0.1, -0.05) is 23.7 Å². The molecular weight excluding hydrogens is 248 g/mol. The first kappa shape index (κ1) is 13.1. The Bertz CT molecular complexity index is 484. The minimum atomic E-state index is 0.0282. The van der Waals surface area contributed by atoms with E-state index >= 15 is 0 Å². The highest BCUT2D eigenvalue weighted by Gasteiger charge is 2.22. The van der Waals surface area contributed by atoms with Crippen molar-refractivity contribution in [3.8, 4) is 0 Å². The number of carbonyl (C=O) groups is 1. The zero-order chi connectivity index (χ0) is 13.1. The molecule has 1 saturated heterocycles. The molecule has 1 aliphatic rings. The van der Waals surface area contributed by atoms with Crippen LogP contribution in [-0.4, -0.2) is 29.9 Å².